The maximum Gasteiger partial charge on any atom is 0 e. The Morgan fingerprint density at radius 1 is 1.67 bits per heavy atom. The van der Waals surface area contributed by atoms with E-state index < -0.39 is 0 Å². The van der Waals surface area contributed by atoms with Gasteiger partial charge < -0.3 is 18.7 Å². The van der Waals surface area contributed by atoms with E-state index in [-0.39, 0.29) is 32.7 Å². The first kappa shape index (κ1) is 10.2. The zero-order chi connectivity index (χ0) is 5.82. The summed E-state index contributed by atoms with van der Waals surface area (Å²) in [6.45, 7) is 3.79. The molecule has 1 unspecified atom stereocenters. The summed E-state index contributed by atoms with van der Waals surface area (Å²) in [4.78, 5) is 0. The van der Waals surface area contributed by atoms with Crippen LogP contribution in [0.25, 0.3) is 0 Å². The summed E-state index contributed by atoms with van der Waals surface area (Å²) in [7, 11) is 0. The van der Waals surface area contributed by atoms with Crippen molar-refractivity contribution >= 4 is 11.8 Å². The summed E-state index contributed by atoms with van der Waals surface area (Å²) in [5.41, 5.74) is 0. The van der Waals surface area contributed by atoms with E-state index in [0.717, 1.165) is 6.42 Å². The van der Waals surface area contributed by atoms with Crippen molar-refractivity contribution in [2.45, 2.75) is 12.8 Å². The van der Waals surface area contributed by atoms with Crippen molar-refractivity contribution < 1.29 is 32.7 Å². The van der Waals surface area contributed by atoms with Gasteiger partial charge in [-0.25, -0.2) is 0 Å². The molecule has 0 saturated carbocycles. The summed E-state index contributed by atoms with van der Waals surface area (Å²) in [5, 5.41) is 2.14. The van der Waals surface area contributed by atoms with E-state index in [9.17, 15) is 0 Å². The predicted octanol–water partition coefficient (Wildman–Crippen LogP) is 2.64. The van der Waals surface area contributed by atoms with Gasteiger partial charge in [0.05, 0.1) is 0 Å². The minimum atomic E-state index is 0. The van der Waals surface area contributed by atoms with Gasteiger partial charge in [-0.2, -0.15) is 6.42 Å². The third-order valence-electron chi connectivity index (χ3n) is 1.20. The third kappa shape index (κ3) is 3.80. The van der Waals surface area contributed by atoms with Crippen LogP contribution >= 0.6 is 11.8 Å². The largest absolute Gasteiger partial charge is 0.343 e. The molecule has 2 heteroatoms. The quantitative estimate of drug-likeness (QED) is 0.638. The topological polar surface area (TPSA) is 0 Å². The second-order valence-electron chi connectivity index (χ2n) is 1.91. The molecule has 0 amide bonds. The maximum absolute atomic E-state index is 3.79. The van der Waals surface area contributed by atoms with Crippen LogP contribution in [0.5, 0.6) is 0 Å². The van der Waals surface area contributed by atoms with E-state index in [4.69, 9.17) is 0 Å². The molecule has 0 spiro atoms. The molecule has 0 bridgehead atoms. The van der Waals surface area contributed by atoms with Crippen LogP contribution in [-0.2, 0) is 32.7 Å². The van der Waals surface area contributed by atoms with Gasteiger partial charge in [0.25, 0.3) is 0 Å². The Kier molecular flexibility index (Phi) is 6.73. The van der Waals surface area contributed by atoms with Gasteiger partial charge in [0, 0.05) is 32.7 Å². The molecule has 0 aromatic heterocycles. The Morgan fingerprint density at radius 2 is 2.44 bits per heavy atom. The molecule has 0 aromatic carbocycles. The number of hydrogen-bond donors (Lipinski definition) is 0. The van der Waals surface area contributed by atoms with Crippen LogP contribution in [0.1, 0.15) is 12.8 Å². The van der Waals surface area contributed by atoms with Gasteiger partial charge in [-0.15, -0.1) is 18.4 Å². The molecule has 9 heavy (non-hydrogen) atoms. The fourth-order valence-corrected chi connectivity index (χ4v) is 1.55. The molecule has 0 aliphatic carbocycles. The molecule has 1 aliphatic heterocycles. The van der Waals surface area contributed by atoms with Crippen molar-refractivity contribution in [3.8, 4) is 0 Å². The first-order chi connectivity index (χ1) is 3.93. The van der Waals surface area contributed by atoms with E-state index >= 15 is 0 Å². The zero-order valence-electron chi connectivity index (χ0n) is 5.42. The van der Waals surface area contributed by atoms with Crippen molar-refractivity contribution in [1.82, 2.24) is 0 Å². The molecule has 0 saturated heterocycles. The van der Waals surface area contributed by atoms with E-state index in [1.54, 1.807) is 11.8 Å². The van der Waals surface area contributed by atoms with Crippen LogP contribution in [0.15, 0.2) is 11.5 Å². The van der Waals surface area contributed by atoms with Crippen LogP contribution in [-0.4, -0.2) is 0 Å². The summed E-state index contributed by atoms with van der Waals surface area (Å²) in [6, 6.07) is 0. The smallest absolute Gasteiger partial charge is 0 e. The Labute approximate surface area is 86.7 Å². The van der Waals surface area contributed by atoms with E-state index in [0.29, 0.717) is 5.92 Å². The minimum absolute atomic E-state index is 0. The molecule has 0 N–H and O–H groups in total. The van der Waals surface area contributed by atoms with Crippen LogP contribution in [0.3, 0.4) is 0 Å². The van der Waals surface area contributed by atoms with Crippen LogP contribution in [0.2, 0.25) is 0 Å². The van der Waals surface area contributed by atoms with Gasteiger partial charge in [-0.3, -0.25) is 5.75 Å². The second kappa shape index (κ2) is 5.94. The molecule has 1 heterocycles. The molecule has 0 fully saturated rings. The van der Waals surface area contributed by atoms with Gasteiger partial charge in [0.2, 0.25) is 0 Å². The molecule has 1 atom stereocenters. The van der Waals surface area contributed by atoms with Gasteiger partial charge in [0.15, 0.2) is 0 Å². The Balaban J connectivity index is 0.000000640. The summed E-state index contributed by atoms with van der Waals surface area (Å²) >= 11 is 1.79. The van der Waals surface area contributed by atoms with Crippen molar-refractivity contribution in [3.63, 3.8) is 0 Å². The van der Waals surface area contributed by atoms with Gasteiger partial charge in [-0.1, -0.05) is 5.41 Å². The molecule has 49 valence electrons. The fraction of sp³-hybridized carbons (Fsp3) is 0.429. The van der Waals surface area contributed by atoms with Crippen LogP contribution in [0, 0.1) is 18.6 Å². The third-order valence-corrected chi connectivity index (χ3v) is 2.02. The Bertz CT molecular complexity index is 90.9. The van der Waals surface area contributed by atoms with Crippen molar-refractivity contribution in [1.29, 1.82) is 0 Å². The summed E-state index contributed by atoms with van der Waals surface area (Å²) in [6.07, 6.45) is 4.49. The number of allylic oxidation sites excluding steroid dienone is 1. The number of rotatable bonds is 2. The predicted molar refractivity (Wildman–Crippen MR) is 39.1 cm³/mol. The first-order valence-corrected chi connectivity index (χ1v) is 3.82. The normalized spacial score (nSPS) is 23.9. The number of thioether (sulfide) groups is 1. The number of hydrogen-bond acceptors (Lipinski definition) is 1. The van der Waals surface area contributed by atoms with Crippen LogP contribution in [0.4, 0.5) is 0 Å². The van der Waals surface area contributed by atoms with Crippen molar-refractivity contribution in [2.24, 2.45) is 5.92 Å². The monoisotopic (exact) mass is 215 g/mol. The van der Waals surface area contributed by atoms with Crippen molar-refractivity contribution in [3.05, 3.63) is 24.2 Å². The van der Waals surface area contributed by atoms with Crippen LogP contribution < -0.4 is 0 Å². The first-order valence-electron chi connectivity index (χ1n) is 2.88. The standard InChI is InChI=1S/C7H10S.Y/c1-2-3-7-4-5-8-6-7;/h4-7H,1-3H2;/q-2;. The molecular formula is C7H10SY-2. The molecule has 0 aromatic rings. The zero-order valence-corrected chi connectivity index (χ0v) is 9.07. The minimum Gasteiger partial charge on any atom is -0.343 e. The van der Waals surface area contributed by atoms with Gasteiger partial charge in [-0.05, 0) is 0 Å². The van der Waals surface area contributed by atoms with E-state index in [1.165, 1.54) is 6.42 Å². The van der Waals surface area contributed by atoms with E-state index in [2.05, 4.69) is 24.2 Å². The average molecular weight is 215 g/mol. The van der Waals surface area contributed by atoms with E-state index in [1.807, 2.05) is 0 Å². The van der Waals surface area contributed by atoms with Crippen molar-refractivity contribution in [2.75, 3.05) is 0 Å². The Hall–Kier alpha value is 1.19. The van der Waals surface area contributed by atoms with Gasteiger partial charge in [0.1, 0.15) is 0 Å². The average Bonchev–Trinajstić information content (AvgIpc) is 2.19. The molecule has 1 aliphatic rings. The Morgan fingerprint density at radius 3 is 2.89 bits per heavy atom. The molecule has 1 radical (unpaired) electrons. The molecular weight excluding hydrogens is 205 g/mol. The maximum atomic E-state index is 3.79. The fourth-order valence-electron chi connectivity index (χ4n) is 0.738. The second-order valence-corrected chi connectivity index (χ2v) is 2.72. The molecule has 0 nitrogen and oxygen atoms in total. The summed E-state index contributed by atoms with van der Waals surface area (Å²) in [5.74, 6) is 2.96. The molecule has 1 rings (SSSR count). The summed E-state index contributed by atoms with van der Waals surface area (Å²) < 4.78 is 0. The van der Waals surface area contributed by atoms with Gasteiger partial charge >= 0.3 is 0 Å². The SMILES string of the molecule is [CH2-]CCC1C=CS[CH-]1.[Y].